The van der Waals surface area contributed by atoms with E-state index in [1.54, 1.807) is 0 Å². The first-order chi connectivity index (χ1) is 7.29. The summed E-state index contributed by atoms with van der Waals surface area (Å²) in [6.45, 7) is -0.538. The largest absolute Gasteiger partial charge is 0.386 e. The van der Waals surface area contributed by atoms with Gasteiger partial charge < -0.3 is 5.11 Å². The normalized spacial score (nSPS) is 13.8. The number of aliphatic hydroxyl groups is 1. The van der Waals surface area contributed by atoms with Gasteiger partial charge in [-0.25, -0.2) is 8.78 Å². The van der Waals surface area contributed by atoms with Gasteiger partial charge in [-0.1, -0.05) is 6.07 Å². The van der Waals surface area contributed by atoms with E-state index in [4.69, 9.17) is 0 Å². The van der Waals surface area contributed by atoms with Crippen molar-refractivity contribution in [3.05, 3.63) is 35.4 Å². The van der Waals surface area contributed by atoms with Crippen LogP contribution in [0.15, 0.2) is 18.2 Å². The predicted molar refractivity (Wildman–Crippen MR) is 52.1 cm³/mol. The van der Waals surface area contributed by atoms with Gasteiger partial charge in [-0.15, -0.1) is 0 Å². The van der Waals surface area contributed by atoms with Gasteiger partial charge in [0.15, 0.2) is 11.6 Å². The molecule has 1 aromatic carbocycles. The van der Waals surface area contributed by atoms with Crippen molar-refractivity contribution in [3.63, 3.8) is 0 Å². The Morgan fingerprint density at radius 2 is 2.00 bits per heavy atom. The van der Waals surface area contributed by atoms with Crippen molar-refractivity contribution < 1.29 is 26.5 Å². The van der Waals surface area contributed by atoms with Crippen LogP contribution in [0.2, 0.25) is 0 Å². The summed E-state index contributed by atoms with van der Waals surface area (Å²) in [5, 5.41) is 9.42. The Hall–Kier alpha value is -1.05. The third-order valence-corrected chi connectivity index (χ3v) is 2.33. The third kappa shape index (κ3) is 3.84. The van der Waals surface area contributed by atoms with Crippen LogP contribution in [0.3, 0.4) is 0 Å². The highest BCUT2D eigenvalue weighted by Crippen LogP contribution is 2.16. The molecule has 1 aromatic rings. The number of halogens is 2. The zero-order valence-corrected chi connectivity index (χ0v) is 9.17. The third-order valence-electron chi connectivity index (χ3n) is 1.77. The lowest BCUT2D eigenvalue weighted by molar-refractivity contribution is 0.111. The topological polar surface area (TPSA) is 63.6 Å². The fraction of sp³-hybridized carbons (Fsp3) is 0.333. The molecule has 90 valence electrons. The maximum atomic E-state index is 12.8. The van der Waals surface area contributed by atoms with E-state index in [0.717, 1.165) is 24.5 Å². The Morgan fingerprint density at radius 1 is 1.38 bits per heavy atom. The number of hydrogen-bond acceptors (Lipinski definition) is 4. The average Bonchev–Trinajstić information content (AvgIpc) is 2.17. The van der Waals surface area contributed by atoms with Crippen molar-refractivity contribution >= 4 is 10.1 Å². The molecule has 7 heteroatoms. The number of rotatable bonds is 4. The molecule has 4 nitrogen and oxygen atoms in total. The van der Waals surface area contributed by atoms with Gasteiger partial charge in [0.25, 0.3) is 10.1 Å². The van der Waals surface area contributed by atoms with Gasteiger partial charge in [0.05, 0.1) is 12.9 Å². The van der Waals surface area contributed by atoms with Gasteiger partial charge in [0.2, 0.25) is 0 Å². The van der Waals surface area contributed by atoms with Crippen molar-refractivity contribution in [3.8, 4) is 0 Å². The minimum absolute atomic E-state index is 0.0440. The predicted octanol–water partition coefficient (Wildman–Crippen LogP) is 0.974. The molecular formula is C9H10F2O4S. The minimum atomic E-state index is -3.67. The second-order valence-corrected chi connectivity index (χ2v) is 4.82. The van der Waals surface area contributed by atoms with E-state index in [9.17, 15) is 22.3 Å². The molecule has 0 aliphatic heterocycles. The molecule has 0 aliphatic rings. The smallest absolute Gasteiger partial charge is 0.264 e. The van der Waals surface area contributed by atoms with Crippen LogP contribution in [0, 0.1) is 11.6 Å². The number of hydrogen-bond donors (Lipinski definition) is 1. The molecule has 0 saturated carbocycles. The quantitative estimate of drug-likeness (QED) is 0.811. The molecule has 1 atom stereocenters. The summed E-state index contributed by atoms with van der Waals surface area (Å²) in [7, 11) is -3.67. The molecule has 0 aliphatic carbocycles. The molecule has 0 radical (unpaired) electrons. The summed E-state index contributed by atoms with van der Waals surface area (Å²) >= 11 is 0. The van der Waals surface area contributed by atoms with Crippen molar-refractivity contribution in [2.24, 2.45) is 0 Å². The van der Waals surface area contributed by atoms with Crippen LogP contribution in [0.25, 0.3) is 0 Å². The maximum absolute atomic E-state index is 12.8. The van der Waals surface area contributed by atoms with Gasteiger partial charge in [-0.05, 0) is 17.7 Å². The van der Waals surface area contributed by atoms with E-state index in [1.165, 1.54) is 0 Å². The maximum Gasteiger partial charge on any atom is 0.264 e. The fourth-order valence-corrected chi connectivity index (χ4v) is 1.38. The Kier molecular flexibility index (Phi) is 3.95. The average molecular weight is 252 g/mol. The molecule has 0 spiro atoms. The first-order valence-corrected chi connectivity index (χ1v) is 6.08. The summed E-state index contributed by atoms with van der Waals surface area (Å²) in [6, 6.07) is 2.77. The molecule has 0 heterocycles. The lowest BCUT2D eigenvalue weighted by Crippen LogP contribution is -2.12. The van der Waals surface area contributed by atoms with Gasteiger partial charge in [0, 0.05) is 0 Å². The molecule has 16 heavy (non-hydrogen) atoms. The number of benzene rings is 1. The summed E-state index contributed by atoms with van der Waals surface area (Å²) in [4.78, 5) is 0. The molecular weight excluding hydrogens is 242 g/mol. The molecule has 0 bridgehead atoms. The second kappa shape index (κ2) is 4.86. The molecule has 0 fully saturated rings. The second-order valence-electron chi connectivity index (χ2n) is 3.18. The van der Waals surface area contributed by atoms with Crippen LogP contribution < -0.4 is 0 Å². The Bertz CT molecular complexity index is 472. The summed E-state index contributed by atoms with van der Waals surface area (Å²) < 4.78 is 50.9. The van der Waals surface area contributed by atoms with Crippen molar-refractivity contribution in [2.45, 2.75) is 6.10 Å². The van der Waals surface area contributed by atoms with Crippen LogP contribution in [0.5, 0.6) is 0 Å². The first-order valence-electron chi connectivity index (χ1n) is 4.27. The molecule has 1 rings (SSSR count). The van der Waals surface area contributed by atoms with Crippen LogP contribution in [-0.2, 0) is 14.3 Å². The van der Waals surface area contributed by atoms with Crippen LogP contribution in [0.4, 0.5) is 8.78 Å². The fourth-order valence-electron chi connectivity index (χ4n) is 1.00. The van der Waals surface area contributed by atoms with Crippen LogP contribution in [0.1, 0.15) is 11.7 Å². The van der Waals surface area contributed by atoms with Crippen LogP contribution in [-0.4, -0.2) is 26.4 Å². The van der Waals surface area contributed by atoms with E-state index < -0.39 is 34.5 Å². The summed E-state index contributed by atoms with van der Waals surface area (Å²) in [5.74, 6) is -2.16. The molecule has 0 unspecified atom stereocenters. The van der Waals surface area contributed by atoms with Gasteiger partial charge in [0.1, 0.15) is 6.10 Å². The van der Waals surface area contributed by atoms with Gasteiger partial charge >= 0.3 is 0 Å². The van der Waals surface area contributed by atoms with Gasteiger partial charge in [-0.3, -0.25) is 4.18 Å². The van der Waals surface area contributed by atoms with E-state index in [0.29, 0.717) is 0 Å². The van der Waals surface area contributed by atoms with Gasteiger partial charge in [-0.2, -0.15) is 8.42 Å². The minimum Gasteiger partial charge on any atom is -0.386 e. The molecule has 0 saturated heterocycles. The molecule has 1 N–H and O–H groups in total. The SMILES string of the molecule is CS(=O)(=O)OC[C@@H](O)c1ccc(F)c(F)c1. The standard InChI is InChI=1S/C9H10F2O4S/c1-16(13,14)15-5-9(12)6-2-3-7(10)8(11)4-6/h2-4,9,12H,5H2,1H3/t9-/m1/s1. The van der Waals surface area contributed by atoms with Crippen molar-refractivity contribution in [2.75, 3.05) is 12.9 Å². The lowest BCUT2D eigenvalue weighted by atomic mass is 10.1. The Morgan fingerprint density at radius 3 is 2.50 bits per heavy atom. The monoisotopic (exact) mass is 252 g/mol. The Labute approximate surface area is 91.6 Å². The lowest BCUT2D eigenvalue weighted by Gasteiger charge is -2.10. The highest BCUT2D eigenvalue weighted by molar-refractivity contribution is 7.85. The van der Waals surface area contributed by atoms with E-state index >= 15 is 0 Å². The van der Waals surface area contributed by atoms with Crippen molar-refractivity contribution in [1.82, 2.24) is 0 Å². The van der Waals surface area contributed by atoms with E-state index in [2.05, 4.69) is 4.18 Å². The van der Waals surface area contributed by atoms with Crippen molar-refractivity contribution in [1.29, 1.82) is 0 Å². The highest BCUT2D eigenvalue weighted by atomic mass is 32.2. The summed E-state index contributed by atoms with van der Waals surface area (Å²) in [6.07, 6.45) is -0.504. The summed E-state index contributed by atoms with van der Waals surface area (Å²) in [5.41, 5.74) is 0.0440. The van der Waals surface area contributed by atoms with E-state index in [-0.39, 0.29) is 5.56 Å². The Balaban J connectivity index is 2.73. The molecule has 0 amide bonds. The zero-order valence-electron chi connectivity index (χ0n) is 8.35. The number of aliphatic hydroxyl groups excluding tert-OH is 1. The zero-order chi connectivity index (χ0) is 12.3. The van der Waals surface area contributed by atoms with Crippen LogP contribution >= 0.6 is 0 Å². The molecule has 0 aromatic heterocycles. The van der Waals surface area contributed by atoms with E-state index in [1.807, 2.05) is 0 Å². The highest BCUT2D eigenvalue weighted by Gasteiger charge is 2.13. The first kappa shape index (κ1) is 13.0.